The van der Waals surface area contributed by atoms with Crippen molar-refractivity contribution in [1.82, 2.24) is 5.32 Å². The first-order valence-electron chi connectivity index (χ1n) is 6.16. The number of nitrogens with one attached hydrogen (secondary N) is 1. The van der Waals surface area contributed by atoms with Gasteiger partial charge >= 0.3 is 0 Å². The van der Waals surface area contributed by atoms with Crippen LogP contribution in [0.5, 0.6) is 0 Å². The molecule has 2 amide bonds. The molecule has 2 heterocycles. The summed E-state index contributed by atoms with van der Waals surface area (Å²) in [6, 6.07) is 11.7. The van der Waals surface area contributed by atoms with Crippen molar-refractivity contribution in [3.05, 3.63) is 58.3 Å². The maximum atomic E-state index is 12.2. The molecule has 0 saturated carbocycles. The van der Waals surface area contributed by atoms with E-state index in [4.69, 9.17) is 0 Å². The second-order valence-corrected chi connectivity index (χ2v) is 5.45. The third kappa shape index (κ3) is 2.31. The van der Waals surface area contributed by atoms with Crippen LogP contribution in [0.1, 0.15) is 29.4 Å². The van der Waals surface area contributed by atoms with Crippen LogP contribution in [0, 0.1) is 0 Å². The Morgan fingerprint density at radius 3 is 2.53 bits per heavy atom. The summed E-state index contributed by atoms with van der Waals surface area (Å²) in [6.45, 7) is 0. The lowest BCUT2D eigenvalue weighted by atomic mass is 9.77. The Balaban J connectivity index is 2.02. The number of piperidine rings is 1. The molecular formula is C15H13NO2S. The van der Waals surface area contributed by atoms with Crippen LogP contribution in [0.4, 0.5) is 0 Å². The minimum atomic E-state index is -0.284. The van der Waals surface area contributed by atoms with E-state index in [1.54, 1.807) is 11.3 Å². The third-order valence-electron chi connectivity index (χ3n) is 3.48. The second-order valence-electron chi connectivity index (χ2n) is 4.67. The summed E-state index contributed by atoms with van der Waals surface area (Å²) in [5.41, 5.74) is 2.03. The highest BCUT2D eigenvalue weighted by Gasteiger charge is 2.37. The molecular weight excluding hydrogens is 258 g/mol. The van der Waals surface area contributed by atoms with E-state index in [0.29, 0.717) is 6.42 Å². The largest absolute Gasteiger partial charge is 0.296 e. The molecule has 2 unspecified atom stereocenters. The van der Waals surface area contributed by atoms with Crippen molar-refractivity contribution in [3.8, 4) is 0 Å². The van der Waals surface area contributed by atoms with Gasteiger partial charge in [0.2, 0.25) is 11.8 Å². The van der Waals surface area contributed by atoms with Gasteiger partial charge in [0.25, 0.3) is 0 Å². The van der Waals surface area contributed by atoms with Crippen LogP contribution < -0.4 is 5.32 Å². The molecule has 0 aliphatic carbocycles. The zero-order valence-corrected chi connectivity index (χ0v) is 11.0. The average Bonchev–Trinajstić information content (AvgIpc) is 2.92. The summed E-state index contributed by atoms with van der Waals surface area (Å²) >= 11 is 1.59. The van der Waals surface area contributed by atoms with Gasteiger partial charge in [0.15, 0.2) is 0 Å². The van der Waals surface area contributed by atoms with Gasteiger partial charge in [0.05, 0.1) is 5.92 Å². The number of benzene rings is 1. The first kappa shape index (κ1) is 12.1. The number of imide groups is 1. The van der Waals surface area contributed by atoms with E-state index in [0.717, 1.165) is 11.1 Å². The van der Waals surface area contributed by atoms with E-state index in [2.05, 4.69) is 5.32 Å². The Bertz CT molecular complexity index is 592. The van der Waals surface area contributed by atoms with E-state index in [1.807, 2.05) is 47.2 Å². The van der Waals surface area contributed by atoms with Crippen molar-refractivity contribution >= 4 is 23.2 Å². The number of amides is 2. The number of rotatable bonds is 2. The Hall–Kier alpha value is -1.94. The highest BCUT2D eigenvalue weighted by atomic mass is 32.1. The highest BCUT2D eigenvalue weighted by Crippen LogP contribution is 2.38. The van der Waals surface area contributed by atoms with Crippen LogP contribution in [0.25, 0.3) is 0 Å². The fourth-order valence-corrected chi connectivity index (χ4v) is 3.33. The normalized spacial score (nSPS) is 23.2. The molecule has 1 fully saturated rings. The van der Waals surface area contributed by atoms with Gasteiger partial charge in [-0.2, -0.15) is 11.3 Å². The molecule has 1 N–H and O–H groups in total. The molecule has 3 rings (SSSR count). The van der Waals surface area contributed by atoms with Gasteiger partial charge in [-0.25, -0.2) is 0 Å². The molecule has 1 aromatic carbocycles. The van der Waals surface area contributed by atoms with Gasteiger partial charge in [-0.15, -0.1) is 0 Å². The molecule has 1 aliphatic rings. The molecule has 3 nitrogen and oxygen atoms in total. The summed E-state index contributed by atoms with van der Waals surface area (Å²) in [5, 5.41) is 6.45. The first-order chi connectivity index (χ1) is 9.25. The lowest BCUT2D eigenvalue weighted by molar-refractivity contribution is -0.135. The maximum Gasteiger partial charge on any atom is 0.234 e. The van der Waals surface area contributed by atoms with Crippen molar-refractivity contribution in [2.24, 2.45) is 0 Å². The molecule has 96 valence electrons. The van der Waals surface area contributed by atoms with Crippen LogP contribution in [0.15, 0.2) is 47.2 Å². The van der Waals surface area contributed by atoms with Gasteiger partial charge in [-0.05, 0) is 28.0 Å². The van der Waals surface area contributed by atoms with Gasteiger partial charge in [-0.3, -0.25) is 14.9 Å². The van der Waals surface area contributed by atoms with Crippen molar-refractivity contribution in [2.75, 3.05) is 0 Å². The summed E-state index contributed by atoms with van der Waals surface area (Å²) in [4.78, 5) is 23.8. The summed E-state index contributed by atoms with van der Waals surface area (Å²) < 4.78 is 0. The number of carbonyl (C=O) groups excluding carboxylic acids is 2. The Morgan fingerprint density at radius 1 is 1.05 bits per heavy atom. The molecule has 1 saturated heterocycles. The second kappa shape index (κ2) is 4.97. The highest BCUT2D eigenvalue weighted by molar-refractivity contribution is 7.08. The monoisotopic (exact) mass is 271 g/mol. The van der Waals surface area contributed by atoms with Crippen LogP contribution in [0.3, 0.4) is 0 Å². The topological polar surface area (TPSA) is 46.2 Å². The fraction of sp³-hybridized carbons (Fsp3) is 0.200. The zero-order valence-electron chi connectivity index (χ0n) is 10.2. The Labute approximate surface area is 115 Å². The smallest absolute Gasteiger partial charge is 0.234 e. The van der Waals surface area contributed by atoms with E-state index in [9.17, 15) is 9.59 Å². The average molecular weight is 271 g/mol. The van der Waals surface area contributed by atoms with Gasteiger partial charge in [0, 0.05) is 12.3 Å². The van der Waals surface area contributed by atoms with Crippen molar-refractivity contribution in [2.45, 2.75) is 18.3 Å². The van der Waals surface area contributed by atoms with Crippen LogP contribution in [0.2, 0.25) is 0 Å². The number of hydrogen-bond acceptors (Lipinski definition) is 3. The zero-order chi connectivity index (χ0) is 13.2. The van der Waals surface area contributed by atoms with E-state index in [-0.39, 0.29) is 23.7 Å². The number of carbonyl (C=O) groups is 2. The minimum Gasteiger partial charge on any atom is -0.296 e. The molecule has 1 aromatic heterocycles. The first-order valence-corrected chi connectivity index (χ1v) is 7.10. The minimum absolute atomic E-state index is 0.0603. The molecule has 0 radical (unpaired) electrons. The predicted octanol–water partition coefficient (Wildman–Crippen LogP) is 2.66. The lowest BCUT2D eigenvalue weighted by Gasteiger charge is -2.30. The van der Waals surface area contributed by atoms with E-state index < -0.39 is 0 Å². The van der Waals surface area contributed by atoms with Crippen molar-refractivity contribution in [3.63, 3.8) is 0 Å². The van der Waals surface area contributed by atoms with Crippen LogP contribution in [-0.4, -0.2) is 11.8 Å². The standard InChI is InChI=1S/C15H13NO2S/c17-13-8-12(11-6-7-19-9-11)14(15(18)16-13)10-4-2-1-3-5-10/h1-7,9,12,14H,8H2,(H,16,17,18). The Morgan fingerprint density at radius 2 is 1.84 bits per heavy atom. The predicted molar refractivity (Wildman–Crippen MR) is 74.0 cm³/mol. The van der Waals surface area contributed by atoms with Crippen molar-refractivity contribution < 1.29 is 9.59 Å². The van der Waals surface area contributed by atoms with E-state index in [1.165, 1.54) is 0 Å². The lowest BCUT2D eigenvalue weighted by Crippen LogP contribution is -2.43. The number of thiophene rings is 1. The summed E-state index contributed by atoms with van der Waals surface area (Å²) in [5.74, 6) is -0.726. The fourth-order valence-electron chi connectivity index (χ4n) is 2.61. The molecule has 2 aromatic rings. The van der Waals surface area contributed by atoms with Gasteiger partial charge in [-0.1, -0.05) is 30.3 Å². The van der Waals surface area contributed by atoms with E-state index >= 15 is 0 Å². The number of hydrogen-bond donors (Lipinski definition) is 1. The third-order valence-corrected chi connectivity index (χ3v) is 4.18. The van der Waals surface area contributed by atoms with Crippen LogP contribution in [-0.2, 0) is 9.59 Å². The molecule has 0 bridgehead atoms. The molecule has 2 atom stereocenters. The van der Waals surface area contributed by atoms with Crippen molar-refractivity contribution in [1.29, 1.82) is 0 Å². The summed E-state index contributed by atoms with van der Waals surface area (Å²) in [7, 11) is 0. The molecule has 4 heteroatoms. The molecule has 0 spiro atoms. The van der Waals surface area contributed by atoms with Gasteiger partial charge < -0.3 is 0 Å². The van der Waals surface area contributed by atoms with Crippen LogP contribution >= 0.6 is 11.3 Å². The molecule has 1 aliphatic heterocycles. The SMILES string of the molecule is O=C1CC(c2ccsc2)C(c2ccccc2)C(=O)N1. The maximum absolute atomic E-state index is 12.2. The Kier molecular flexibility index (Phi) is 3.17. The molecule has 19 heavy (non-hydrogen) atoms. The van der Waals surface area contributed by atoms with Gasteiger partial charge in [0.1, 0.15) is 0 Å². The summed E-state index contributed by atoms with van der Waals surface area (Å²) in [6.07, 6.45) is 0.363. The quantitative estimate of drug-likeness (QED) is 0.854.